The minimum Gasteiger partial charge on any atom is -0.435 e. The molecule has 0 aliphatic carbocycles. The van der Waals surface area contributed by atoms with Crippen molar-refractivity contribution in [3.8, 4) is 0 Å². The van der Waals surface area contributed by atoms with Gasteiger partial charge in [0.25, 0.3) is 0 Å². The number of cyclic esters (lactones) is 1. The lowest BCUT2D eigenvalue weighted by atomic mass is 9.97. The molecule has 0 bridgehead atoms. The largest absolute Gasteiger partial charge is 0.435 e. The lowest BCUT2D eigenvalue weighted by Gasteiger charge is -2.21. The molecule has 0 radical (unpaired) electrons. The Labute approximate surface area is 131 Å². The van der Waals surface area contributed by atoms with Gasteiger partial charge in [0.05, 0.1) is 18.9 Å². The summed E-state index contributed by atoms with van der Waals surface area (Å²) in [6.07, 6.45) is -0.180. The maximum absolute atomic E-state index is 11.4. The number of carbonyl (C=O) groups excluding carboxylic acids is 1. The van der Waals surface area contributed by atoms with Crippen LogP contribution in [0.15, 0.2) is 30.3 Å². The number of rotatable bonds is 3. The van der Waals surface area contributed by atoms with Crippen molar-refractivity contribution in [1.29, 1.82) is 0 Å². The van der Waals surface area contributed by atoms with E-state index in [1.54, 1.807) is 0 Å². The first-order valence-electron chi connectivity index (χ1n) is 5.38. The molecular formula is C12H11Br3O3. The Morgan fingerprint density at radius 3 is 2.56 bits per heavy atom. The normalized spacial score (nSPS) is 24.1. The summed E-state index contributed by atoms with van der Waals surface area (Å²) in [5, 5.41) is 0. The predicted octanol–water partition coefficient (Wildman–Crippen LogP) is 3.90. The molecule has 2 atom stereocenters. The van der Waals surface area contributed by atoms with E-state index >= 15 is 0 Å². The minimum absolute atomic E-state index is 0.0476. The highest BCUT2D eigenvalue weighted by molar-refractivity contribution is 9.39. The number of carbonyl (C=O) groups is 1. The van der Waals surface area contributed by atoms with Gasteiger partial charge in [-0.15, -0.1) is 0 Å². The molecule has 0 aromatic heterocycles. The van der Waals surface area contributed by atoms with Crippen LogP contribution in [0.3, 0.4) is 0 Å². The maximum atomic E-state index is 11.4. The third-order valence-corrected chi connectivity index (χ3v) is 3.29. The van der Waals surface area contributed by atoms with E-state index in [1.165, 1.54) is 0 Å². The van der Waals surface area contributed by atoms with Crippen LogP contribution in [0.25, 0.3) is 0 Å². The Hall–Kier alpha value is 0.0900. The monoisotopic (exact) mass is 440 g/mol. The van der Waals surface area contributed by atoms with Crippen LogP contribution in [0.4, 0.5) is 0 Å². The van der Waals surface area contributed by atoms with Crippen molar-refractivity contribution in [2.75, 3.05) is 6.61 Å². The van der Waals surface area contributed by atoms with Crippen LogP contribution < -0.4 is 0 Å². The van der Waals surface area contributed by atoms with Crippen molar-refractivity contribution >= 4 is 53.8 Å². The second kappa shape index (κ2) is 6.03. The van der Waals surface area contributed by atoms with Gasteiger partial charge in [-0.3, -0.25) is 4.79 Å². The fourth-order valence-corrected chi connectivity index (χ4v) is 2.23. The highest BCUT2D eigenvalue weighted by atomic mass is 80.0. The molecule has 1 aliphatic rings. The van der Waals surface area contributed by atoms with Gasteiger partial charge in [0.15, 0.2) is 2.14 Å². The molecule has 2 rings (SSSR count). The number of hydrogen-bond acceptors (Lipinski definition) is 3. The Kier molecular flexibility index (Phi) is 4.86. The number of alkyl halides is 3. The van der Waals surface area contributed by atoms with Crippen molar-refractivity contribution in [1.82, 2.24) is 0 Å². The van der Waals surface area contributed by atoms with Gasteiger partial charge in [0.2, 0.25) is 6.29 Å². The molecule has 0 spiro atoms. The van der Waals surface area contributed by atoms with Crippen LogP contribution in [0.2, 0.25) is 0 Å². The van der Waals surface area contributed by atoms with Gasteiger partial charge in [-0.1, -0.05) is 78.1 Å². The summed E-state index contributed by atoms with van der Waals surface area (Å²) in [6.45, 7) is 0.328. The lowest BCUT2D eigenvalue weighted by Crippen LogP contribution is -2.24. The van der Waals surface area contributed by atoms with E-state index in [2.05, 4.69) is 47.8 Å². The van der Waals surface area contributed by atoms with Gasteiger partial charge < -0.3 is 9.47 Å². The first kappa shape index (κ1) is 14.5. The van der Waals surface area contributed by atoms with E-state index in [-0.39, 0.29) is 11.9 Å². The highest BCUT2D eigenvalue weighted by Crippen LogP contribution is 2.37. The van der Waals surface area contributed by atoms with Crippen LogP contribution in [0.5, 0.6) is 0 Å². The smallest absolute Gasteiger partial charge is 0.308 e. The van der Waals surface area contributed by atoms with Gasteiger partial charge >= 0.3 is 5.97 Å². The van der Waals surface area contributed by atoms with Crippen LogP contribution in [-0.4, -0.2) is 21.0 Å². The number of hydrogen-bond donors (Lipinski definition) is 0. The molecular weight excluding hydrogens is 432 g/mol. The predicted molar refractivity (Wildman–Crippen MR) is 79.1 cm³/mol. The molecule has 0 unspecified atom stereocenters. The van der Waals surface area contributed by atoms with Crippen molar-refractivity contribution in [2.45, 2.75) is 20.8 Å². The Balaban J connectivity index is 2.06. The summed E-state index contributed by atoms with van der Waals surface area (Å²) in [5.74, 6) is -0.272. The summed E-state index contributed by atoms with van der Waals surface area (Å²) in [7, 11) is 0. The SMILES string of the molecule is O=C1C[C@@H](c2ccccc2)[C@H](OCC(Br)(Br)Br)O1. The van der Waals surface area contributed by atoms with Crippen molar-refractivity contribution in [3.05, 3.63) is 35.9 Å². The quantitative estimate of drug-likeness (QED) is 0.526. The van der Waals surface area contributed by atoms with E-state index in [0.717, 1.165) is 5.56 Å². The summed E-state index contributed by atoms with van der Waals surface area (Å²) >= 11 is 10.0. The molecule has 1 fully saturated rings. The Morgan fingerprint density at radius 1 is 1.28 bits per heavy atom. The summed E-state index contributed by atoms with van der Waals surface area (Å²) in [6, 6.07) is 9.79. The molecule has 6 heteroatoms. The van der Waals surface area contributed by atoms with Crippen LogP contribution in [0, 0.1) is 0 Å². The van der Waals surface area contributed by atoms with E-state index < -0.39 is 8.43 Å². The van der Waals surface area contributed by atoms with Crippen LogP contribution in [0.1, 0.15) is 17.9 Å². The molecule has 0 amide bonds. The van der Waals surface area contributed by atoms with Gasteiger partial charge in [0.1, 0.15) is 0 Å². The lowest BCUT2D eigenvalue weighted by molar-refractivity contribution is -0.163. The van der Waals surface area contributed by atoms with Gasteiger partial charge in [-0.25, -0.2) is 0 Å². The fourth-order valence-electron chi connectivity index (χ4n) is 1.84. The van der Waals surface area contributed by atoms with E-state index in [1.807, 2.05) is 30.3 Å². The first-order valence-corrected chi connectivity index (χ1v) is 7.76. The third kappa shape index (κ3) is 4.05. The number of halogens is 3. The fraction of sp³-hybridized carbons (Fsp3) is 0.417. The van der Waals surface area contributed by atoms with Crippen LogP contribution >= 0.6 is 47.8 Å². The molecule has 98 valence electrons. The molecule has 0 saturated carbocycles. The van der Waals surface area contributed by atoms with E-state index in [0.29, 0.717) is 13.0 Å². The first-order chi connectivity index (χ1) is 8.46. The molecule has 0 N–H and O–H groups in total. The zero-order valence-corrected chi connectivity index (χ0v) is 14.1. The second-order valence-electron chi connectivity index (χ2n) is 4.01. The summed E-state index contributed by atoms with van der Waals surface area (Å²) < 4.78 is 10.3. The topological polar surface area (TPSA) is 35.5 Å². The number of benzene rings is 1. The Bertz CT molecular complexity index is 416. The number of esters is 1. The molecule has 3 nitrogen and oxygen atoms in total. The molecule has 1 saturated heterocycles. The van der Waals surface area contributed by atoms with Crippen molar-refractivity contribution in [3.63, 3.8) is 0 Å². The zero-order valence-electron chi connectivity index (χ0n) is 9.31. The van der Waals surface area contributed by atoms with Crippen molar-refractivity contribution in [2.24, 2.45) is 0 Å². The highest BCUT2D eigenvalue weighted by Gasteiger charge is 2.37. The van der Waals surface area contributed by atoms with E-state index in [4.69, 9.17) is 9.47 Å². The van der Waals surface area contributed by atoms with Crippen LogP contribution in [-0.2, 0) is 14.3 Å². The van der Waals surface area contributed by atoms with E-state index in [9.17, 15) is 4.79 Å². The molecule has 18 heavy (non-hydrogen) atoms. The molecule has 1 aliphatic heterocycles. The summed E-state index contributed by atoms with van der Waals surface area (Å²) in [5.41, 5.74) is 1.05. The molecule has 1 aromatic carbocycles. The maximum Gasteiger partial charge on any atom is 0.308 e. The average Bonchev–Trinajstić information content (AvgIpc) is 2.68. The van der Waals surface area contributed by atoms with Crippen molar-refractivity contribution < 1.29 is 14.3 Å². The number of ether oxygens (including phenoxy) is 2. The standard InChI is InChI=1S/C12H11Br3O3/c13-12(14,15)7-17-11-9(6-10(16)18-11)8-4-2-1-3-5-8/h1-5,9,11H,6-7H2/t9-,11+/m0/s1. The van der Waals surface area contributed by atoms with Gasteiger partial charge in [-0.05, 0) is 5.56 Å². The van der Waals surface area contributed by atoms with Gasteiger partial charge in [0, 0.05) is 0 Å². The van der Waals surface area contributed by atoms with Gasteiger partial charge in [-0.2, -0.15) is 0 Å². The second-order valence-corrected chi connectivity index (χ2v) is 11.3. The minimum atomic E-state index is -0.535. The third-order valence-electron chi connectivity index (χ3n) is 2.60. The molecule has 1 heterocycles. The summed E-state index contributed by atoms with van der Waals surface area (Å²) in [4.78, 5) is 11.4. The Morgan fingerprint density at radius 2 is 1.94 bits per heavy atom. The zero-order chi connectivity index (χ0) is 13.2. The average molecular weight is 443 g/mol. The molecule has 1 aromatic rings.